The van der Waals surface area contributed by atoms with Crippen molar-refractivity contribution in [3.05, 3.63) is 30.2 Å². The number of nitrogen functional groups attached to an aromatic ring is 1. The van der Waals surface area contributed by atoms with Crippen molar-refractivity contribution in [3.8, 4) is 11.1 Å². The Kier molecular flexibility index (Phi) is 2.64. The summed E-state index contributed by atoms with van der Waals surface area (Å²) in [6.07, 6.45) is 3.30. The van der Waals surface area contributed by atoms with E-state index in [1.165, 1.54) is 24.0 Å². The summed E-state index contributed by atoms with van der Waals surface area (Å²) in [5.41, 5.74) is 6.92. The van der Waals surface area contributed by atoms with Crippen LogP contribution in [0.5, 0.6) is 0 Å². The highest BCUT2D eigenvalue weighted by molar-refractivity contribution is 7.98. The molecule has 0 aliphatic heterocycles. The highest BCUT2D eigenvalue weighted by atomic mass is 32.2. The van der Waals surface area contributed by atoms with Crippen molar-refractivity contribution in [2.45, 2.75) is 4.90 Å². The van der Waals surface area contributed by atoms with E-state index < -0.39 is 0 Å². The molecule has 0 amide bonds. The number of benzene rings is 1. The molecular weight excluding hydrogens is 215 g/mol. The first-order chi connectivity index (χ1) is 7.24. The minimum absolute atomic E-state index is 0.205. The first-order valence-electron chi connectivity index (χ1n) is 4.27. The minimum Gasteiger partial charge on any atom is -0.367 e. The maximum atomic E-state index is 13.5. The molecule has 0 fully saturated rings. The van der Waals surface area contributed by atoms with Crippen molar-refractivity contribution in [2.75, 3.05) is 12.0 Å². The summed E-state index contributed by atoms with van der Waals surface area (Å²) in [7, 11) is 0. The zero-order chi connectivity index (χ0) is 10.8. The highest BCUT2D eigenvalue weighted by Gasteiger charge is 2.13. The second-order valence-electron chi connectivity index (χ2n) is 2.92. The van der Waals surface area contributed by atoms with E-state index in [9.17, 15) is 4.39 Å². The topological polar surface area (TPSA) is 52.0 Å². The third kappa shape index (κ3) is 1.70. The molecular formula is C10H9FN2OS. The third-order valence-corrected chi connectivity index (χ3v) is 2.88. The normalized spacial score (nSPS) is 10.5. The fraction of sp³-hybridized carbons (Fsp3) is 0.100. The van der Waals surface area contributed by atoms with E-state index in [1.807, 2.05) is 6.26 Å². The number of rotatable bonds is 2. The van der Waals surface area contributed by atoms with Crippen LogP contribution >= 0.6 is 11.8 Å². The number of hydrogen-bond donors (Lipinski definition) is 1. The number of thioether (sulfide) groups is 1. The van der Waals surface area contributed by atoms with Gasteiger partial charge in [-0.15, -0.1) is 11.8 Å². The van der Waals surface area contributed by atoms with Gasteiger partial charge in [-0.05, 0) is 12.3 Å². The Morgan fingerprint density at radius 1 is 1.40 bits per heavy atom. The predicted molar refractivity (Wildman–Crippen MR) is 58.1 cm³/mol. The Labute approximate surface area is 90.4 Å². The molecule has 0 spiro atoms. The van der Waals surface area contributed by atoms with Crippen LogP contribution in [0.1, 0.15) is 0 Å². The van der Waals surface area contributed by atoms with Crippen LogP contribution in [0.25, 0.3) is 11.1 Å². The fourth-order valence-electron chi connectivity index (χ4n) is 1.38. The molecule has 0 bridgehead atoms. The van der Waals surface area contributed by atoms with Gasteiger partial charge < -0.3 is 10.3 Å². The van der Waals surface area contributed by atoms with Gasteiger partial charge >= 0.3 is 0 Å². The molecule has 15 heavy (non-hydrogen) atoms. The summed E-state index contributed by atoms with van der Waals surface area (Å²) < 4.78 is 18.2. The zero-order valence-corrected chi connectivity index (χ0v) is 8.84. The fourth-order valence-corrected chi connectivity index (χ4v) is 2.04. The molecule has 0 saturated heterocycles. The van der Waals surface area contributed by atoms with Gasteiger partial charge in [0, 0.05) is 5.56 Å². The van der Waals surface area contributed by atoms with Crippen molar-refractivity contribution in [2.24, 2.45) is 0 Å². The quantitative estimate of drug-likeness (QED) is 0.797. The van der Waals surface area contributed by atoms with Gasteiger partial charge in [-0.3, -0.25) is 0 Å². The number of nitrogens with two attached hydrogens (primary N) is 1. The van der Waals surface area contributed by atoms with Gasteiger partial charge in [-0.1, -0.05) is 17.3 Å². The van der Waals surface area contributed by atoms with E-state index >= 15 is 0 Å². The summed E-state index contributed by atoms with van der Waals surface area (Å²) in [5.74, 6) is -0.0588. The maximum Gasteiger partial charge on any atom is 0.229 e. The first-order valence-corrected chi connectivity index (χ1v) is 5.49. The molecule has 0 saturated carbocycles. The summed E-state index contributed by atoms with van der Waals surface area (Å²) in [6.45, 7) is 0. The molecule has 1 heterocycles. The molecule has 78 valence electrons. The van der Waals surface area contributed by atoms with Gasteiger partial charge in [0.05, 0.1) is 16.7 Å². The lowest BCUT2D eigenvalue weighted by molar-refractivity contribution is 0.436. The van der Waals surface area contributed by atoms with Crippen molar-refractivity contribution in [1.29, 1.82) is 0 Å². The average Bonchev–Trinajstić information content (AvgIpc) is 2.64. The van der Waals surface area contributed by atoms with Crippen LogP contribution in [0.4, 0.5) is 10.3 Å². The number of anilines is 1. The van der Waals surface area contributed by atoms with Crippen molar-refractivity contribution in [3.63, 3.8) is 0 Å². The van der Waals surface area contributed by atoms with Gasteiger partial charge in [0.25, 0.3) is 0 Å². The van der Waals surface area contributed by atoms with Gasteiger partial charge in [0.15, 0.2) is 0 Å². The number of halogens is 1. The molecule has 0 unspecified atom stereocenters. The monoisotopic (exact) mass is 224 g/mol. The van der Waals surface area contributed by atoms with E-state index in [1.54, 1.807) is 12.1 Å². The molecule has 2 rings (SSSR count). The van der Waals surface area contributed by atoms with Gasteiger partial charge in [0.1, 0.15) is 5.82 Å². The standard InChI is InChI=1S/C10H9FN2OS/c1-15-9-6(3-2-4-8(9)11)7-5-13-14-10(7)12/h2-5H,12H2,1H3. The average molecular weight is 224 g/mol. The molecule has 2 aromatic rings. The molecule has 3 nitrogen and oxygen atoms in total. The largest absolute Gasteiger partial charge is 0.367 e. The molecule has 1 aromatic heterocycles. The highest BCUT2D eigenvalue weighted by Crippen LogP contribution is 2.34. The second kappa shape index (κ2) is 3.94. The Hall–Kier alpha value is -1.49. The van der Waals surface area contributed by atoms with Gasteiger partial charge in [-0.25, -0.2) is 4.39 Å². The first kappa shape index (κ1) is 10.0. The Bertz CT molecular complexity index is 484. The SMILES string of the molecule is CSc1c(F)cccc1-c1cnoc1N. The molecule has 0 atom stereocenters. The van der Waals surface area contributed by atoms with Crippen molar-refractivity contribution in [1.82, 2.24) is 5.16 Å². The summed E-state index contributed by atoms with van der Waals surface area (Å²) in [5, 5.41) is 3.57. The lowest BCUT2D eigenvalue weighted by Crippen LogP contribution is -1.89. The summed E-state index contributed by atoms with van der Waals surface area (Å²) in [6, 6.07) is 4.84. The lowest BCUT2D eigenvalue weighted by Gasteiger charge is -2.05. The molecule has 0 radical (unpaired) electrons. The maximum absolute atomic E-state index is 13.5. The van der Waals surface area contributed by atoms with Gasteiger partial charge in [-0.2, -0.15) is 0 Å². The van der Waals surface area contributed by atoms with Crippen LogP contribution in [0.3, 0.4) is 0 Å². The predicted octanol–water partition coefficient (Wildman–Crippen LogP) is 2.78. The summed E-state index contributed by atoms with van der Waals surface area (Å²) >= 11 is 1.33. The van der Waals surface area contributed by atoms with Crippen LogP contribution in [0.15, 0.2) is 33.8 Å². The van der Waals surface area contributed by atoms with Crippen molar-refractivity contribution >= 4 is 17.6 Å². The molecule has 0 aliphatic rings. The molecule has 0 aliphatic carbocycles. The Morgan fingerprint density at radius 3 is 2.80 bits per heavy atom. The lowest BCUT2D eigenvalue weighted by atomic mass is 10.1. The van der Waals surface area contributed by atoms with E-state index in [2.05, 4.69) is 5.16 Å². The smallest absolute Gasteiger partial charge is 0.229 e. The number of aromatic nitrogens is 1. The minimum atomic E-state index is -0.263. The van der Waals surface area contributed by atoms with Crippen LogP contribution < -0.4 is 5.73 Å². The summed E-state index contributed by atoms with van der Waals surface area (Å²) in [4.78, 5) is 0.549. The molecule has 2 N–H and O–H groups in total. The second-order valence-corrected chi connectivity index (χ2v) is 3.74. The van der Waals surface area contributed by atoms with Crippen LogP contribution in [0, 0.1) is 5.82 Å². The molecule has 1 aromatic carbocycles. The number of hydrogen-bond acceptors (Lipinski definition) is 4. The Balaban J connectivity index is 2.63. The van der Waals surface area contributed by atoms with E-state index in [0.29, 0.717) is 16.0 Å². The zero-order valence-electron chi connectivity index (χ0n) is 8.03. The molecule has 5 heteroatoms. The van der Waals surface area contributed by atoms with E-state index in [-0.39, 0.29) is 11.7 Å². The van der Waals surface area contributed by atoms with Crippen molar-refractivity contribution < 1.29 is 8.91 Å². The van der Waals surface area contributed by atoms with Crippen LogP contribution in [-0.2, 0) is 0 Å². The van der Waals surface area contributed by atoms with Crippen LogP contribution in [0.2, 0.25) is 0 Å². The van der Waals surface area contributed by atoms with E-state index in [4.69, 9.17) is 10.3 Å². The Morgan fingerprint density at radius 2 is 2.20 bits per heavy atom. The number of nitrogens with zero attached hydrogens (tertiary/aromatic N) is 1. The van der Waals surface area contributed by atoms with Gasteiger partial charge in [0.2, 0.25) is 5.88 Å². The van der Waals surface area contributed by atoms with Crippen LogP contribution in [-0.4, -0.2) is 11.4 Å². The van der Waals surface area contributed by atoms with E-state index in [0.717, 1.165) is 0 Å². The third-order valence-electron chi connectivity index (χ3n) is 2.06.